The van der Waals surface area contributed by atoms with Crippen LogP contribution in [0.4, 0.5) is 12.9 Å². The second kappa shape index (κ2) is 2.66. The molecule has 1 fully saturated rings. The fraction of sp³-hybridized carbons (Fsp3) is 0.833. The molecule has 1 saturated heterocycles. The van der Waals surface area contributed by atoms with Crippen LogP contribution in [-0.4, -0.2) is 19.2 Å². The minimum atomic E-state index is -4.86. The second-order valence-corrected chi connectivity index (χ2v) is 3.24. The Labute approximate surface area is 68.4 Å². The lowest BCUT2D eigenvalue weighted by atomic mass is 9.70. The maximum atomic E-state index is 12.1. The Hall–Kier alpha value is -0.695. The number of hydrogen-bond acceptors (Lipinski definition) is 2. The third kappa shape index (κ3) is 1.72. The molecule has 2 unspecified atom stereocenters. The van der Waals surface area contributed by atoms with Crippen LogP contribution in [0.5, 0.6) is 0 Å². The van der Waals surface area contributed by atoms with Crippen molar-refractivity contribution in [1.82, 2.24) is 0 Å². The van der Waals surface area contributed by atoms with Gasteiger partial charge in [-0.2, -0.15) is 5.26 Å². The minimum absolute atomic E-state index is 0.229. The van der Waals surface area contributed by atoms with Crippen LogP contribution in [0.15, 0.2) is 0 Å². The van der Waals surface area contributed by atoms with E-state index in [-0.39, 0.29) is 13.0 Å². The van der Waals surface area contributed by atoms with E-state index in [2.05, 4.69) is 0 Å². The molecule has 1 heterocycles. The van der Waals surface area contributed by atoms with Gasteiger partial charge in [0, 0.05) is 6.61 Å². The van der Waals surface area contributed by atoms with E-state index in [1.807, 2.05) is 0 Å². The zero-order valence-electron chi connectivity index (χ0n) is 6.56. The van der Waals surface area contributed by atoms with Crippen LogP contribution in [0.2, 0.25) is 5.82 Å². The van der Waals surface area contributed by atoms with Crippen molar-refractivity contribution in [3.63, 3.8) is 0 Å². The summed E-state index contributed by atoms with van der Waals surface area (Å²) in [5.74, 6) is -1.42. The summed E-state index contributed by atoms with van der Waals surface area (Å²) in [6.07, 6.45) is -0.229. The van der Waals surface area contributed by atoms with Gasteiger partial charge in [0.05, 0.1) is 6.07 Å². The fourth-order valence-corrected chi connectivity index (χ4v) is 1.23. The summed E-state index contributed by atoms with van der Waals surface area (Å²) in [6.45, 7) is -3.84. The third-order valence-electron chi connectivity index (χ3n) is 2.04. The van der Waals surface area contributed by atoms with E-state index in [0.29, 0.717) is 0 Å². The molecular weight excluding hydrogens is 170 g/mol. The van der Waals surface area contributed by atoms with E-state index >= 15 is 0 Å². The fourth-order valence-electron chi connectivity index (χ4n) is 1.23. The normalized spacial score (nSPS) is 36.4. The molecule has 0 aromatic heterocycles. The Balaban J connectivity index is 2.65. The first kappa shape index (κ1) is 9.39. The summed E-state index contributed by atoms with van der Waals surface area (Å²) < 4.78 is 41.1. The van der Waals surface area contributed by atoms with E-state index in [9.17, 15) is 12.9 Å². The highest BCUT2D eigenvalue weighted by Crippen LogP contribution is 2.41. The lowest BCUT2D eigenvalue weighted by Gasteiger charge is -2.20. The Morgan fingerprint density at radius 1 is 1.58 bits per heavy atom. The molecule has 1 aliphatic rings. The van der Waals surface area contributed by atoms with Crippen molar-refractivity contribution >= 4 is 6.98 Å². The molecule has 0 aliphatic carbocycles. The lowest BCUT2D eigenvalue weighted by molar-refractivity contribution is 0.0672. The molecule has 1 rings (SSSR count). The van der Waals surface area contributed by atoms with Crippen molar-refractivity contribution in [1.29, 1.82) is 5.26 Å². The van der Waals surface area contributed by atoms with Gasteiger partial charge in [0.1, 0.15) is 5.60 Å². The highest BCUT2D eigenvalue weighted by Gasteiger charge is 2.45. The highest BCUT2D eigenvalue weighted by atomic mass is 19.4. The van der Waals surface area contributed by atoms with Crippen LogP contribution in [0.1, 0.15) is 13.3 Å². The molecule has 0 spiro atoms. The van der Waals surface area contributed by atoms with Crippen LogP contribution >= 0.6 is 0 Å². The first-order chi connectivity index (χ1) is 5.37. The van der Waals surface area contributed by atoms with Gasteiger partial charge in [-0.3, -0.25) is 0 Å². The van der Waals surface area contributed by atoms with Gasteiger partial charge in [-0.15, -0.1) is 0 Å². The molecule has 0 saturated carbocycles. The zero-order chi connectivity index (χ0) is 9.41. The van der Waals surface area contributed by atoms with Crippen LogP contribution in [0, 0.1) is 11.3 Å². The van der Waals surface area contributed by atoms with Crippen LogP contribution in [0.25, 0.3) is 0 Å². The van der Waals surface area contributed by atoms with Crippen molar-refractivity contribution in [3.8, 4) is 6.07 Å². The van der Waals surface area contributed by atoms with Crippen LogP contribution in [0.3, 0.4) is 0 Å². The van der Waals surface area contributed by atoms with Crippen molar-refractivity contribution in [2.75, 3.05) is 6.61 Å². The molecule has 0 N–H and O–H groups in total. The molecule has 0 aromatic rings. The number of halogens is 3. The largest absolute Gasteiger partial charge is 0.483 e. The van der Waals surface area contributed by atoms with Crippen LogP contribution < -0.4 is 0 Å². The first-order valence-electron chi connectivity index (χ1n) is 3.62. The maximum Gasteiger partial charge on any atom is 0.483 e. The molecule has 2 nitrogen and oxygen atoms in total. The Kier molecular flexibility index (Phi) is 2.08. The average Bonchev–Trinajstić information content (AvgIpc) is 2.32. The molecular formula is C6H8BF3NO-. The summed E-state index contributed by atoms with van der Waals surface area (Å²) in [5.41, 5.74) is -1.23. The SMILES string of the molecule is CC1(C#N)CC([B-](F)(F)F)CO1. The summed E-state index contributed by atoms with van der Waals surface area (Å²) in [6, 6.07) is 1.73. The third-order valence-corrected chi connectivity index (χ3v) is 2.04. The minimum Gasteiger partial charge on any atom is -0.449 e. The van der Waals surface area contributed by atoms with Gasteiger partial charge in [-0.1, -0.05) is 0 Å². The van der Waals surface area contributed by atoms with E-state index in [1.165, 1.54) is 6.92 Å². The molecule has 2 atom stereocenters. The summed E-state index contributed by atoms with van der Waals surface area (Å²) in [5, 5.41) is 8.47. The standard InChI is InChI=1S/C6H8BF3NO/c1-6(4-11)2-5(3-12-6)7(8,9)10/h5H,2-3H2,1H3/q-1. The van der Waals surface area contributed by atoms with Crippen molar-refractivity contribution in [3.05, 3.63) is 0 Å². The monoisotopic (exact) mass is 178 g/mol. The molecule has 0 amide bonds. The average molecular weight is 178 g/mol. The summed E-state index contributed by atoms with van der Waals surface area (Å²) >= 11 is 0. The highest BCUT2D eigenvalue weighted by molar-refractivity contribution is 6.60. The Morgan fingerprint density at radius 3 is 2.42 bits per heavy atom. The van der Waals surface area contributed by atoms with Gasteiger partial charge in [0.2, 0.25) is 0 Å². The molecule has 0 bridgehead atoms. The van der Waals surface area contributed by atoms with E-state index in [4.69, 9.17) is 10.00 Å². The van der Waals surface area contributed by atoms with Gasteiger partial charge in [-0.25, -0.2) is 0 Å². The Morgan fingerprint density at radius 2 is 2.17 bits per heavy atom. The van der Waals surface area contributed by atoms with E-state index in [0.717, 1.165) is 0 Å². The number of rotatable bonds is 1. The van der Waals surface area contributed by atoms with Crippen molar-refractivity contribution in [2.24, 2.45) is 0 Å². The number of hydrogen-bond donors (Lipinski definition) is 0. The number of nitrogens with zero attached hydrogens (tertiary/aromatic N) is 1. The molecule has 68 valence electrons. The molecule has 12 heavy (non-hydrogen) atoms. The van der Waals surface area contributed by atoms with Crippen molar-refractivity contribution < 1.29 is 17.7 Å². The number of ether oxygens (including phenoxy) is 1. The predicted octanol–water partition coefficient (Wildman–Crippen LogP) is 1.91. The topological polar surface area (TPSA) is 33.0 Å². The molecule has 0 radical (unpaired) electrons. The lowest BCUT2D eigenvalue weighted by Crippen LogP contribution is -2.26. The first-order valence-corrected chi connectivity index (χ1v) is 3.62. The smallest absolute Gasteiger partial charge is 0.449 e. The van der Waals surface area contributed by atoms with Crippen molar-refractivity contribution in [2.45, 2.75) is 24.8 Å². The Bertz CT molecular complexity index is 224. The number of nitriles is 1. The van der Waals surface area contributed by atoms with Crippen LogP contribution in [-0.2, 0) is 4.74 Å². The summed E-state index contributed by atoms with van der Waals surface area (Å²) in [4.78, 5) is 0. The van der Waals surface area contributed by atoms with Gasteiger partial charge >= 0.3 is 6.98 Å². The van der Waals surface area contributed by atoms with E-state index in [1.54, 1.807) is 6.07 Å². The predicted molar refractivity (Wildman–Crippen MR) is 37.4 cm³/mol. The second-order valence-electron chi connectivity index (χ2n) is 3.24. The molecule has 1 aliphatic heterocycles. The van der Waals surface area contributed by atoms with Gasteiger partial charge in [0.25, 0.3) is 0 Å². The van der Waals surface area contributed by atoms with Gasteiger partial charge in [-0.05, 0) is 19.2 Å². The zero-order valence-corrected chi connectivity index (χ0v) is 6.56. The molecule has 6 heteroatoms. The molecule has 0 aromatic carbocycles. The quantitative estimate of drug-likeness (QED) is 0.574. The van der Waals surface area contributed by atoms with Gasteiger partial charge in [0.15, 0.2) is 0 Å². The van der Waals surface area contributed by atoms with E-state index < -0.39 is 18.4 Å². The maximum absolute atomic E-state index is 12.1. The van der Waals surface area contributed by atoms with Gasteiger partial charge < -0.3 is 17.7 Å². The summed E-state index contributed by atoms with van der Waals surface area (Å²) in [7, 11) is 0.